The number of nitrogens with zero attached hydrogens (tertiary/aromatic N) is 1. The van der Waals surface area contributed by atoms with Crippen molar-refractivity contribution in [2.24, 2.45) is 38.7 Å². The number of amides is 5. The zero-order valence-corrected chi connectivity index (χ0v) is 30.4. The van der Waals surface area contributed by atoms with E-state index in [1.807, 2.05) is 20.8 Å². The summed E-state index contributed by atoms with van der Waals surface area (Å²) in [5.74, 6) is -2.39. The first kappa shape index (κ1) is 36.5. The molecule has 2 spiro atoms. The summed E-state index contributed by atoms with van der Waals surface area (Å²) < 4.78 is 5.28. The first-order valence-corrected chi connectivity index (χ1v) is 18.1. The maximum Gasteiger partial charge on any atom is 0.315 e. The van der Waals surface area contributed by atoms with Gasteiger partial charge in [0, 0.05) is 24.5 Å². The number of nitrogens with one attached hydrogen (secondary N) is 4. The third kappa shape index (κ3) is 6.48. The summed E-state index contributed by atoms with van der Waals surface area (Å²) in [5.41, 5.74) is 4.22. The molecule has 0 radical (unpaired) electrons. The number of rotatable bonds is 12. The van der Waals surface area contributed by atoms with E-state index in [0.29, 0.717) is 39.1 Å². The van der Waals surface area contributed by atoms with E-state index in [1.54, 1.807) is 4.90 Å². The molecule has 0 bridgehead atoms. The molecule has 1 unspecified atom stereocenters. The highest BCUT2D eigenvalue weighted by atomic mass is 16.5. The topological polar surface area (TPSA) is 172 Å². The zero-order valence-electron chi connectivity index (χ0n) is 30.4. The van der Waals surface area contributed by atoms with Gasteiger partial charge in [0.15, 0.2) is 0 Å². The van der Waals surface area contributed by atoms with E-state index in [2.05, 4.69) is 55.9 Å². The van der Waals surface area contributed by atoms with E-state index in [-0.39, 0.29) is 45.6 Å². The Morgan fingerprint density at radius 1 is 0.896 bits per heavy atom. The van der Waals surface area contributed by atoms with Crippen LogP contribution < -0.4 is 27.0 Å². The van der Waals surface area contributed by atoms with Crippen LogP contribution in [0.4, 0.5) is 4.79 Å². The van der Waals surface area contributed by atoms with Crippen molar-refractivity contribution in [3.05, 3.63) is 0 Å². The first-order valence-electron chi connectivity index (χ1n) is 18.1. The fourth-order valence-electron chi connectivity index (χ4n) is 9.15. The lowest BCUT2D eigenvalue weighted by molar-refractivity contribution is -0.143. The van der Waals surface area contributed by atoms with Crippen LogP contribution in [0.15, 0.2) is 0 Å². The second-order valence-corrected chi connectivity index (χ2v) is 18.1. The first-order chi connectivity index (χ1) is 22.2. The highest BCUT2D eigenvalue weighted by Crippen LogP contribution is 2.88. The monoisotopic (exact) mass is 672 g/mol. The average Bonchev–Trinajstić information content (AvgIpc) is 3.13. The highest BCUT2D eigenvalue weighted by molar-refractivity contribution is 6.37. The number of likely N-dealkylation sites (tertiary alicyclic amines) is 1. The summed E-state index contributed by atoms with van der Waals surface area (Å²) in [7, 11) is 0. The molecule has 5 rings (SSSR count). The number of fused-ring (bicyclic) bond motifs is 1. The van der Waals surface area contributed by atoms with Crippen LogP contribution in [0.3, 0.4) is 0 Å². The van der Waals surface area contributed by atoms with Gasteiger partial charge in [0.2, 0.25) is 17.6 Å². The lowest BCUT2D eigenvalue weighted by Crippen LogP contribution is -2.62. The van der Waals surface area contributed by atoms with E-state index in [0.717, 1.165) is 38.5 Å². The molecular formula is C36H60N6O6. The number of Topliss-reactive ketones (excluding diaryl/α,β-unsaturated/α-hetero) is 1. The van der Waals surface area contributed by atoms with Gasteiger partial charge in [-0.05, 0) is 53.3 Å². The maximum atomic E-state index is 14.7. The summed E-state index contributed by atoms with van der Waals surface area (Å²) >= 11 is 0. The Bertz CT molecular complexity index is 1290. The number of carbonyl (C=O) groups excluding carboxylic acids is 5. The largest absolute Gasteiger partial charge is 0.378 e. The molecule has 270 valence electrons. The van der Waals surface area contributed by atoms with Crippen molar-refractivity contribution in [3.8, 4) is 0 Å². The van der Waals surface area contributed by atoms with E-state index >= 15 is 0 Å². The van der Waals surface area contributed by atoms with Crippen molar-refractivity contribution in [3.63, 3.8) is 0 Å². The van der Waals surface area contributed by atoms with Crippen LogP contribution in [0, 0.1) is 33.0 Å². The van der Waals surface area contributed by atoms with Gasteiger partial charge >= 0.3 is 6.03 Å². The van der Waals surface area contributed by atoms with Crippen molar-refractivity contribution in [1.82, 2.24) is 26.2 Å². The molecule has 0 aromatic rings. The van der Waals surface area contributed by atoms with Crippen molar-refractivity contribution in [1.29, 1.82) is 0 Å². The minimum Gasteiger partial charge on any atom is -0.378 e. The third-order valence-electron chi connectivity index (χ3n) is 13.1. The van der Waals surface area contributed by atoms with Gasteiger partial charge in [-0.1, -0.05) is 81.1 Å². The standard InChI is InChI=1S/C36H60N6O6/c1-32(2,3)25(17-38-22-18-48-19-22)40-31(47)41-27(33(4,5)6)30(46)42-20-36(34(7,8)35(36)13-10-14-35)16-24(42)29(45)39-23(26(43)28(37)44)15-21-11-9-12-21/h21-25,27,38H,9-20H2,1-8H3,(H2,37,44)(H,39,45)(H2,40,41,47)/t23?,24-,25+,27+,36+/m0/s1. The number of carbonyl (C=O) groups is 5. The van der Waals surface area contributed by atoms with E-state index in [4.69, 9.17) is 10.5 Å². The fraction of sp³-hybridized carbons (Fsp3) is 0.861. The Labute approximate surface area is 286 Å². The van der Waals surface area contributed by atoms with Crippen molar-refractivity contribution in [2.45, 2.75) is 137 Å². The van der Waals surface area contributed by atoms with Crippen molar-refractivity contribution in [2.75, 3.05) is 26.3 Å². The molecule has 5 aliphatic rings. The number of ether oxygens (including phenoxy) is 1. The Morgan fingerprint density at radius 2 is 1.54 bits per heavy atom. The molecule has 5 fully saturated rings. The molecule has 0 aromatic carbocycles. The van der Waals surface area contributed by atoms with E-state index < -0.39 is 47.2 Å². The van der Waals surface area contributed by atoms with E-state index in [9.17, 15) is 24.0 Å². The molecule has 3 aliphatic carbocycles. The Morgan fingerprint density at radius 3 is 1.98 bits per heavy atom. The van der Waals surface area contributed by atoms with Gasteiger partial charge in [0.1, 0.15) is 12.1 Å². The Balaban J connectivity index is 1.37. The number of hydrogen-bond donors (Lipinski definition) is 5. The van der Waals surface area contributed by atoms with Gasteiger partial charge in [-0.3, -0.25) is 19.2 Å². The van der Waals surface area contributed by atoms with Crippen molar-refractivity contribution < 1.29 is 28.7 Å². The van der Waals surface area contributed by atoms with Crippen molar-refractivity contribution >= 4 is 29.5 Å². The Kier molecular flexibility index (Phi) is 9.79. The number of nitrogens with two attached hydrogens (primary N) is 1. The highest BCUT2D eigenvalue weighted by Gasteiger charge is 2.85. The normalized spacial score (nSPS) is 28.0. The van der Waals surface area contributed by atoms with Crippen LogP contribution in [-0.2, 0) is 23.9 Å². The number of primary amides is 1. The average molecular weight is 673 g/mol. The number of ketones is 1. The molecule has 48 heavy (non-hydrogen) atoms. The Hall–Kier alpha value is -2.73. The fourth-order valence-corrected chi connectivity index (χ4v) is 9.15. The van der Waals surface area contributed by atoms with Gasteiger partial charge in [0.05, 0.1) is 25.3 Å². The maximum absolute atomic E-state index is 14.7. The summed E-state index contributed by atoms with van der Waals surface area (Å²) in [6.07, 6.45) is 7.00. The molecule has 5 amide bonds. The summed E-state index contributed by atoms with van der Waals surface area (Å²) in [5, 5.41) is 12.4. The molecular weight excluding hydrogens is 612 g/mol. The van der Waals surface area contributed by atoms with Gasteiger partial charge in [0.25, 0.3) is 5.91 Å². The summed E-state index contributed by atoms with van der Waals surface area (Å²) in [6, 6.07) is -3.19. The number of urea groups is 1. The quantitative estimate of drug-likeness (QED) is 0.198. The van der Waals surface area contributed by atoms with Crippen LogP contribution in [0.2, 0.25) is 0 Å². The second kappa shape index (κ2) is 12.9. The predicted octanol–water partition coefficient (Wildman–Crippen LogP) is 2.63. The summed E-state index contributed by atoms with van der Waals surface area (Å²) in [4.78, 5) is 69.1. The molecule has 0 aromatic heterocycles. The summed E-state index contributed by atoms with van der Waals surface area (Å²) in [6.45, 7) is 18.6. The third-order valence-corrected chi connectivity index (χ3v) is 13.1. The lowest BCUT2D eigenvalue weighted by Gasteiger charge is -2.38. The molecule has 12 heteroatoms. The van der Waals surface area contributed by atoms with Gasteiger partial charge < -0.3 is 36.6 Å². The van der Waals surface area contributed by atoms with Crippen LogP contribution in [0.1, 0.15) is 107 Å². The van der Waals surface area contributed by atoms with Crippen LogP contribution in [0.5, 0.6) is 0 Å². The lowest BCUT2D eigenvalue weighted by atomic mass is 9.73. The molecule has 3 saturated carbocycles. The zero-order chi connectivity index (χ0) is 35.4. The predicted molar refractivity (Wildman–Crippen MR) is 181 cm³/mol. The smallest absolute Gasteiger partial charge is 0.315 e. The minimum atomic E-state index is -1.07. The second-order valence-electron chi connectivity index (χ2n) is 18.1. The van der Waals surface area contributed by atoms with Gasteiger partial charge in [-0.25, -0.2) is 4.79 Å². The van der Waals surface area contributed by atoms with Crippen LogP contribution >= 0.6 is 0 Å². The van der Waals surface area contributed by atoms with Gasteiger partial charge in [-0.15, -0.1) is 0 Å². The SMILES string of the molecule is CC(C)(C)[C@H](NC(=O)N[C@H](CNC1COC1)C(C)(C)C)C(=O)N1C[C@]2(C[C@H]1C(=O)NC(CC1CCC1)C(=O)C(N)=O)C(C)(C)C21CCC1. The van der Waals surface area contributed by atoms with Crippen LogP contribution in [-0.4, -0.2) is 90.9 Å². The van der Waals surface area contributed by atoms with E-state index in [1.165, 1.54) is 0 Å². The molecule has 2 saturated heterocycles. The minimum absolute atomic E-state index is 0.0579. The molecule has 2 aliphatic heterocycles. The molecule has 12 nitrogen and oxygen atoms in total. The molecule has 5 atom stereocenters. The van der Waals surface area contributed by atoms with Crippen LogP contribution in [0.25, 0.3) is 0 Å². The van der Waals surface area contributed by atoms with Gasteiger partial charge in [-0.2, -0.15) is 0 Å². The molecule has 6 N–H and O–H groups in total. The number of hydrogen-bond acceptors (Lipinski definition) is 7. The molecule has 2 heterocycles.